The largest absolute Gasteiger partial charge is 0.371 e. The maximum Gasteiger partial charge on any atom is 0.206 e. The van der Waals surface area contributed by atoms with E-state index in [1.807, 2.05) is 11.3 Å². The fourth-order valence-corrected chi connectivity index (χ4v) is 7.15. The van der Waals surface area contributed by atoms with Crippen LogP contribution in [0.25, 0.3) is 5.00 Å². The molecule has 2 aliphatic carbocycles. The highest BCUT2D eigenvalue weighted by molar-refractivity contribution is 9.10. The van der Waals surface area contributed by atoms with E-state index >= 15 is 0 Å². The second-order valence-corrected chi connectivity index (χ2v) is 12.7. The van der Waals surface area contributed by atoms with Crippen LogP contribution in [0.4, 0.5) is 0 Å². The molecule has 0 bridgehead atoms. The van der Waals surface area contributed by atoms with Gasteiger partial charge in [0.2, 0.25) is 4.73 Å². The lowest BCUT2D eigenvalue weighted by Gasteiger charge is -2.31. The van der Waals surface area contributed by atoms with Gasteiger partial charge in [-0.15, -0.1) is 21.5 Å². The third kappa shape index (κ3) is 4.21. The minimum Gasteiger partial charge on any atom is -0.371 e. The molecule has 2 heterocycles. The maximum atomic E-state index is 9.00. The van der Waals surface area contributed by atoms with Gasteiger partial charge in [0.1, 0.15) is 11.8 Å². The lowest BCUT2D eigenvalue weighted by molar-refractivity contribution is -0.00806. The van der Waals surface area contributed by atoms with Crippen molar-refractivity contribution in [3.05, 3.63) is 20.7 Å². The molecule has 0 unspecified atom stereocenters. The Kier molecular flexibility index (Phi) is 5.72. The van der Waals surface area contributed by atoms with E-state index in [9.17, 15) is 0 Å². The Labute approximate surface area is 183 Å². The van der Waals surface area contributed by atoms with Crippen LogP contribution in [0.5, 0.6) is 0 Å². The number of hydrogen-bond acceptors (Lipinski definition) is 6. The summed E-state index contributed by atoms with van der Waals surface area (Å²) in [5.74, 6) is 0.759. The van der Waals surface area contributed by atoms with Gasteiger partial charge in [-0.1, -0.05) is 25.6 Å². The lowest BCUT2D eigenvalue weighted by atomic mass is 9.74. The standard InChI is InChI=1S/C20H28BrN3O2S2/c1-19(2)8-7-13-14(9-19)16(27-15(13)12-5-6-12)24-17(21)22-23-18(24)28-20(3,4)10-26-11-25/h12,25H,5-11H2,1-4H3. The molecule has 5 nitrogen and oxygen atoms in total. The lowest BCUT2D eigenvalue weighted by Crippen LogP contribution is -2.24. The van der Waals surface area contributed by atoms with Crippen LogP contribution < -0.4 is 0 Å². The van der Waals surface area contributed by atoms with Crippen LogP contribution in [0.2, 0.25) is 0 Å². The minimum absolute atomic E-state index is 0.219. The molecule has 0 amide bonds. The van der Waals surface area contributed by atoms with Crippen LogP contribution in [0.15, 0.2) is 9.89 Å². The molecular weight excluding hydrogens is 458 g/mol. The average Bonchev–Trinajstić information content (AvgIpc) is 3.32. The molecule has 0 spiro atoms. The molecule has 154 valence electrons. The van der Waals surface area contributed by atoms with Crippen LogP contribution in [-0.4, -0.2) is 38.0 Å². The highest BCUT2D eigenvalue weighted by atomic mass is 79.9. The molecule has 0 aliphatic heterocycles. The smallest absolute Gasteiger partial charge is 0.206 e. The van der Waals surface area contributed by atoms with Gasteiger partial charge in [-0.05, 0) is 84.3 Å². The van der Waals surface area contributed by atoms with Crippen molar-refractivity contribution in [2.45, 2.75) is 75.6 Å². The average molecular weight is 487 g/mol. The number of rotatable bonds is 7. The first-order valence-electron chi connectivity index (χ1n) is 9.84. The number of thiophene rings is 1. The molecule has 28 heavy (non-hydrogen) atoms. The van der Waals surface area contributed by atoms with Crippen LogP contribution in [0.1, 0.15) is 68.9 Å². The van der Waals surface area contributed by atoms with E-state index in [1.54, 1.807) is 22.2 Å². The van der Waals surface area contributed by atoms with Crippen LogP contribution >= 0.6 is 39.0 Å². The summed E-state index contributed by atoms with van der Waals surface area (Å²) in [6.07, 6.45) is 6.19. The molecular formula is C20H28BrN3O2S2. The number of halogens is 1. The monoisotopic (exact) mass is 485 g/mol. The van der Waals surface area contributed by atoms with Crippen molar-refractivity contribution in [1.82, 2.24) is 14.8 Å². The second kappa shape index (κ2) is 7.69. The van der Waals surface area contributed by atoms with Crippen molar-refractivity contribution in [2.75, 3.05) is 13.4 Å². The van der Waals surface area contributed by atoms with Crippen molar-refractivity contribution >= 4 is 39.0 Å². The zero-order valence-electron chi connectivity index (χ0n) is 16.9. The molecule has 2 aliphatic rings. The summed E-state index contributed by atoms with van der Waals surface area (Å²) in [7, 11) is 0. The van der Waals surface area contributed by atoms with Gasteiger partial charge >= 0.3 is 0 Å². The third-order valence-electron chi connectivity index (χ3n) is 5.49. The number of thioether (sulfide) groups is 1. The number of aromatic nitrogens is 3. The Morgan fingerprint density at radius 1 is 1.32 bits per heavy atom. The van der Waals surface area contributed by atoms with Crippen molar-refractivity contribution in [2.24, 2.45) is 5.41 Å². The van der Waals surface area contributed by atoms with Gasteiger partial charge in [0.25, 0.3) is 0 Å². The first kappa shape index (κ1) is 20.8. The van der Waals surface area contributed by atoms with Gasteiger partial charge in [-0.3, -0.25) is 4.57 Å². The van der Waals surface area contributed by atoms with E-state index < -0.39 is 0 Å². The number of aliphatic hydroxyl groups excluding tert-OH is 1. The normalized spacial score (nSPS) is 19.1. The Bertz CT molecular complexity index is 871. The van der Waals surface area contributed by atoms with Gasteiger partial charge in [0.05, 0.1) is 6.61 Å². The molecule has 4 rings (SSSR count). The van der Waals surface area contributed by atoms with E-state index in [-0.39, 0.29) is 11.5 Å². The highest BCUT2D eigenvalue weighted by Gasteiger charge is 2.37. The van der Waals surface area contributed by atoms with Gasteiger partial charge in [-0.25, -0.2) is 0 Å². The van der Waals surface area contributed by atoms with E-state index in [1.165, 1.54) is 36.2 Å². The molecule has 8 heteroatoms. The van der Waals surface area contributed by atoms with Crippen molar-refractivity contribution in [1.29, 1.82) is 0 Å². The topological polar surface area (TPSA) is 60.2 Å². The molecule has 0 aromatic carbocycles. The molecule has 2 aromatic heterocycles. The Morgan fingerprint density at radius 3 is 2.75 bits per heavy atom. The number of aliphatic hydroxyl groups is 1. The summed E-state index contributed by atoms with van der Waals surface area (Å²) in [6, 6.07) is 0. The van der Waals surface area contributed by atoms with Crippen molar-refractivity contribution < 1.29 is 9.84 Å². The third-order valence-corrected chi connectivity index (χ3v) is 8.54. The fourth-order valence-electron chi connectivity index (χ4n) is 3.90. The van der Waals surface area contributed by atoms with E-state index in [4.69, 9.17) is 9.84 Å². The van der Waals surface area contributed by atoms with E-state index in [0.29, 0.717) is 12.0 Å². The maximum absolute atomic E-state index is 9.00. The zero-order chi connectivity index (χ0) is 20.1. The minimum atomic E-state index is -0.265. The summed E-state index contributed by atoms with van der Waals surface area (Å²) in [4.78, 5) is 1.60. The summed E-state index contributed by atoms with van der Waals surface area (Å²) in [6.45, 7) is 9.13. The number of nitrogens with zero attached hydrogens (tertiary/aromatic N) is 3. The number of hydrogen-bond donors (Lipinski definition) is 1. The van der Waals surface area contributed by atoms with Crippen molar-refractivity contribution in [3.8, 4) is 5.00 Å². The van der Waals surface area contributed by atoms with Gasteiger partial charge < -0.3 is 9.84 Å². The van der Waals surface area contributed by atoms with Gasteiger partial charge in [0.15, 0.2) is 5.16 Å². The molecule has 2 aromatic rings. The first-order valence-corrected chi connectivity index (χ1v) is 12.3. The molecule has 0 atom stereocenters. The second-order valence-electron chi connectivity index (χ2n) is 9.27. The zero-order valence-corrected chi connectivity index (χ0v) is 20.1. The van der Waals surface area contributed by atoms with E-state index in [0.717, 1.165) is 22.2 Å². The summed E-state index contributed by atoms with van der Waals surface area (Å²) in [5.41, 5.74) is 3.42. The SMILES string of the molecule is CC1(C)CCc2c(C3CC3)sc(-n3c(Br)nnc3SC(C)(C)COCO)c2C1. The van der Waals surface area contributed by atoms with E-state index in [2.05, 4.69) is 58.4 Å². The number of fused-ring (bicyclic) bond motifs is 1. The molecule has 0 radical (unpaired) electrons. The molecule has 1 saturated carbocycles. The summed E-state index contributed by atoms with van der Waals surface area (Å²) >= 11 is 7.23. The van der Waals surface area contributed by atoms with Gasteiger partial charge in [0, 0.05) is 9.62 Å². The van der Waals surface area contributed by atoms with Crippen LogP contribution in [0.3, 0.4) is 0 Å². The molecule has 1 fully saturated rings. The summed E-state index contributed by atoms with van der Waals surface area (Å²) < 4.78 is 7.97. The fraction of sp³-hybridized carbons (Fsp3) is 0.700. The first-order chi connectivity index (χ1) is 13.2. The van der Waals surface area contributed by atoms with Gasteiger partial charge in [-0.2, -0.15) is 0 Å². The Morgan fingerprint density at radius 2 is 2.07 bits per heavy atom. The predicted octanol–water partition coefficient (Wildman–Crippen LogP) is 5.32. The number of ether oxygens (including phenoxy) is 1. The van der Waals surface area contributed by atoms with Crippen LogP contribution in [0, 0.1) is 5.41 Å². The van der Waals surface area contributed by atoms with Crippen LogP contribution in [-0.2, 0) is 17.6 Å². The Hall–Kier alpha value is -0.410. The molecule has 0 saturated heterocycles. The highest BCUT2D eigenvalue weighted by Crippen LogP contribution is 2.52. The quantitative estimate of drug-likeness (QED) is 0.424. The molecule has 1 N–H and O–H groups in total. The summed E-state index contributed by atoms with van der Waals surface area (Å²) in [5, 5.41) is 19.9. The predicted molar refractivity (Wildman–Crippen MR) is 118 cm³/mol. The Balaban J connectivity index is 1.75. The van der Waals surface area contributed by atoms with Crippen molar-refractivity contribution in [3.63, 3.8) is 0 Å².